The molecule has 0 aromatic heterocycles. The molecule has 0 aromatic carbocycles. The van der Waals surface area contributed by atoms with Crippen molar-refractivity contribution >= 4 is 0 Å². The smallest absolute Gasteiger partial charge is 0.181 e. The van der Waals surface area contributed by atoms with Crippen LogP contribution in [-0.2, 0) is 9.47 Å². The fraction of sp³-hybridized carbons (Fsp3) is 1.00. The Morgan fingerprint density at radius 3 is 2.89 bits per heavy atom. The molecule has 1 heterocycles. The van der Waals surface area contributed by atoms with E-state index in [1.165, 1.54) is 19.3 Å². The van der Waals surface area contributed by atoms with Crippen LogP contribution in [0.2, 0.25) is 0 Å². The summed E-state index contributed by atoms with van der Waals surface area (Å²) in [6.45, 7) is 3.87. The summed E-state index contributed by atoms with van der Waals surface area (Å²) >= 11 is 0. The van der Waals surface area contributed by atoms with Gasteiger partial charge in [0, 0.05) is 6.61 Å². The second kappa shape index (κ2) is 3.85. The lowest BCUT2D eigenvalue weighted by atomic mass is 10.3. The van der Waals surface area contributed by atoms with Crippen molar-refractivity contribution in [1.29, 1.82) is 0 Å². The molecule has 0 aromatic rings. The highest BCUT2D eigenvalue weighted by Gasteiger charge is 2.22. The van der Waals surface area contributed by atoms with Crippen molar-refractivity contribution in [3.63, 3.8) is 0 Å². The molecule has 1 saturated heterocycles. The van der Waals surface area contributed by atoms with Gasteiger partial charge in [-0.3, -0.25) is 0 Å². The summed E-state index contributed by atoms with van der Waals surface area (Å²) in [5, 5.41) is 0. The van der Waals surface area contributed by atoms with E-state index in [2.05, 4.69) is 6.92 Å². The molecule has 1 unspecified atom stereocenters. The van der Waals surface area contributed by atoms with Gasteiger partial charge >= 0.3 is 0 Å². The number of epoxide rings is 1. The predicted octanol–water partition coefficient (Wildman–Crippen LogP) is 1.55. The SMILES string of the molecule is CCCCCOC1CO1. The molecule has 0 N–H and O–H groups in total. The number of hydrogen-bond donors (Lipinski definition) is 0. The lowest BCUT2D eigenvalue weighted by Crippen LogP contribution is -1.96. The Morgan fingerprint density at radius 1 is 1.56 bits per heavy atom. The quantitative estimate of drug-likeness (QED) is 0.416. The molecule has 0 amide bonds. The topological polar surface area (TPSA) is 21.8 Å². The third kappa shape index (κ3) is 3.49. The van der Waals surface area contributed by atoms with Crippen LogP contribution in [0.15, 0.2) is 0 Å². The van der Waals surface area contributed by atoms with E-state index in [0.717, 1.165) is 13.2 Å². The van der Waals surface area contributed by atoms with E-state index in [4.69, 9.17) is 9.47 Å². The van der Waals surface area contributed by atoms with E-state index < -0.39 is 0 Å². The van der Waals surface area contributed by atoms with Gasteiger partial charge in [-0.2, -0.15) is 0 Å². The minimum absolute atomic E-state index is 0.154. The van der Waals surface area contributed by atoms with Gasteiger partial charge in [-0.1, -0.05) is 19.8 Å². The van der Waals surface area contributed by atoms with E-state index in [9.17, 15) is 0 Å². The molecule has 2 heteroatoms. The summed E-state index contributed by atoms with van der Waals surface area (Å²) in [5.74, 6) is 0. The number of hydrogen-bond acceptors (Lipinski definition) is 2. The zero-order valence-corrected chi connectivity index (χ0v) is 5.93. The van der Waals surface area contributed by atoms with E-state index in [1.807, 2.05) is 0 Å². The predicted molar refractivity (Wildman–Crippen MR) is 35.2 cm³/mol. The summed E-state index contributed by atoms with van der Waals surface area (Å²) in [5.41, 5.74) is 0. The molecular weight excluding hydrogens is 116 g/mol. The van der Waals surface area contributed by atoms with Crippen LogP contribution in [0.3, 0.4) is 0 Å². The van der Waals surface area contributed by atoms with Crippen LogP contribution in [-0.4, -0.2) is 19.5 Å². The number of rotatable bonds is 5. The minimum atomic E-state index is 0.154. The molecule has 1 atom stereocenters. The highest BCUT2D eigenvalue weighted by Crippen LogP contribution is 2.10. The van der Waals surface area contributed by atoms with Crippen molar-refractivity contribution in [2.24, 2.45) is 0 Å². The lowest BCUT2D eigenvalue weighted by molar-refractivity contribution is 0.0480. The van der Waals surface area contributed by atoms with Crippen molar-refractivity contribution in [1.82, 2.24) is 0 Å². The Morgan fingerprint density at radius 2 is 2.33 bits per heavy atom. The fourth-order valence-corrected chi connectivity index (χ4v) is 0.702. The molecule has 1 rings (SSSR count). The molecule has 0 saturated carbocycles. The van der Waals surface area contributed by atoms with Crippen molar-refractivity contribution in [3.8, 4) is 0 Å². The van der Waals surface area contributed by atoms with E-state index in [1.54, 1.807) is 0 Å². The summed E-state index contributed by atoms with van der Waals surface area (Å²) in [7, 11) is 0. The van der Waals surface area contributed by atoms with E-state index in [0.29, 0.717) is 0 Å². The maximum Gasteiger partial charge on any atom is 0.181 e. The van der Waals surface area contributed by atoms with Crippen LogP contribution >= 0.6 is 0 Å². The molecule has 1 aliphatic heterocycles. The summed E-state index contributed by atoms with van der Waals surface area (Å²) < 4.78 is 10.1. The summed E-state index contributed by atoms with van der Waals surface area (Å²) in [4.78, 5) is 0. The number of ether oxygens (including phenoxy) is 2. The molecule has 0 spiro atoms. The minimum Gasteiger partial charge on any atom is -0.350 e. The highest BCUT2D eigenvalue weighted by molar-refractivity contribution is 4.54. The largest absolute Gasteiger partial charge is 0.350 e. The van der Waals surface area contributed by atoms with Gasteiger partial charge < -0.3 is 9.47 Å². The normalized spacial score (nSPS) is 24.3. The first-order chi connectivity index (χ1) is 4.43. The van der Waals surface area contributed by atoms with Crippen LogP contribution in [0.25, 0.3) is 0 Å². The molecular formula is C7H14O2. The summed E-state index contributed by atoms with van der Waals surface area (Å²) in [6.07, 6.45) is 3.86. The average molecular weight is 130 g/mol. The van der Waals surface area contributed by atoms with Crippen LogP contribution in [0.1, 0.15) is 26.2 Å². The number of unbranched alkanes of at least 4 members (excludes halogenated alkanes) is 2. The van der Waals surface area contributed by atoms with Crippen LogP contribution < -0.4 is 0 Å². The maximum atomic E-state index is 5.23. The first-order valence-electron chi connectivity index (χ1n) is 3.66. The van der Waals surface area contributed by atoms with Gasteiger partial charge in [-0.05, 0) is 6.42 Å². The highest BCUT2D eigenvalue weighted by atomic mass is 16.8. The van der Waals surface area contributed by atoms with Crippen LogP contribution in [0.4, 0.5) is 0 Å². The molecule has 0 bridgehead atoms. The molecule has 0 aliphatic carbocycles. The Bertz CT molecular complexity index is 69.3. The standard InChI is InChI=1S/C7H14O2/c1-2-3-4-5-8-7-6-9-7/h7H,2-6H2,1H3. The second-order valence-corrected chi connectivity index (χ2v) is 2.34. The monoisotopic (exact) mass is 130 g/mol. The maximum absolute atomic E-state index is 5.23. The molecule has 0 radical (unpaired) electrons. The second-order valence-electron chi connectivity index (χ2n) is 2.34. The third-order valence-corrected chi connectivity index (χ3v) is 1.35. The molecule has 2 nitrogen and oxygen atoms in total. The van der Waals surface area contributed by atoms with Crippen molar-refractivity contribution < 1.29 is 9.47 Å². The van der Waals surface area contributed by atoms with E-state index in [-0.39, 0.29) is 6.29 Å². The zero-order valence-electron chi connectivity index (χ0n) is 5.93. The molecule has 1 aliphatic rings. The van der Waals surface area contributed by atoms with Gasteiger partial charge in [-0.15, -0.1) is 0 Å². The van der Waals surface area contributed by atoms with Gasteiger partial charge in [-0.25, -0.2) is 0 Å². The zero-order chi connectivity index (χ0) is 6.53. The third-order valence-electron chi connectivity index (χ3n) is 1.35. The fourth-order valence-electron chi connectivity index (χ4n) is 0.702. The Hall–Kier alpha value is -0.0800. The first-order valence-corrected chi connectivity index (χ1v) is 3.66. The van der Waals surface area contributed by atoms with E-state index >= 15 is 0 Å². The van der Waals surface area contributed by atoms with Gasteiger partial charge in [0.1, 0.15) is 6.61 Å². The van der Waals surface area contributed by atoms with Crippen LogP contribution in [0, 0.1) is 0 Å². The van der Waals surface area contributed by atoms with Crippen molar-refractivity contribution in [2.75, 3.05) is 13.2 Å². The Kier molecular flexibility index (Phi) is 3.01. The van der Waals surface area contributed by atoms with Gasteiger partial charge in [0.15, 0.2) is 6.29 Å². The van der Waals surface area contributed by atoms with Crippen LogP contribution in [0.5, 0.6) is 0 Å². The average Bonchev–Trinajstić information content (AvgIpc) is 2.63. The summed E-state index contributed by atoms with van der Waals surface area (Å²) in [6, 6.07) is 0. The van der Waals surface area contributed by atoms with Crippen molar-refractivity contribution in [3.05, 3.63) is 0 Å². The van der Waals surface area contributed by atoms with Gasteiger partial charge in [0.05, 0.1) is 0 Å². The molecule has 9 heavy (non-hydrogen) atoms. The van der Waals surface area contributed by atoms with Gasteiger partial charge in [0.25, 0.3) is 0 Å². The Balaban J connectivity index is 1.71. The molecule has 54 valence electrons. The van der Waals surface area contributed by atoms with Crippen molar-refractivity contribution in [2.45, 2.75) is 32.5 Å². The molecule has 1 fully saturated rings. The lowest BCUT2D eigenvalue weighted by Gasteiger charge is -1.96. The Labute approximate surface area is 56.2 Å². The van der Waals surface area contributed by atoms with Gasteiger partial charge in [0.2, 0.25) is 0 Å². The first kappa shape index (κ1) is 7.03.